The Kier molecular flexibility index (Phi) is 42.4. The van der Waals surface area contributed by atoms with Gasteiger partial charge >= 0.3 is 11.9 Å². The Balaban J connectivity index is 3.54. The second-order valence-corrected chi connectivity index (χ2v) is 15.5. The molecule has 52 heavy (non-hydrogen) atoms. The maximum absolute atomic E-state index is 12.2. The molecule has 1 N–H and O–H groups in total. The molecule has 1 atom stereocenters. The van der Waals surface area contributed by atoms with Crippen LogP contribution in [0.4, 0.5) is 0 Å². The number of ether oxygens (including phenoxy) is 2. The van der Waals surface area contributed by atoms with Gasteiger partial charge in [0.25, 0.3) is 0 Å². The first-order valence-electron chi connectivity index (χ1n) is 22.9. The lowest BCUT2D eigenvalue weighted by atomic mass is 10.0. The summed E-state index contributed by atoms with van der Waals surface area (Å²) in [4.78, 5) is 24.3. The van der Waals surface area contributed by atoms with Crippen LogP contribution in [0.1, 0.15) is 245 Å². The fraction of sp³-hybridized carbons (Fsp3) is 0.872. The van der Waals surface area contributed by atoms with Gasteiger partial charge in [-0.2, -0.15) is 0 Å². The molecule has 0 radical (unpaired) electrons. The zero-order valence-corrected chi connectivity index (χ0v) is 34.8. The maximum atomic E-state index is 12.2. The van der Waals surface area contributed by atoms with E-state index in [-0.39, 0.29) is 25.2 Å². The molecule has 0 aromatic heterocycles. The van der Waals surface area contributed by atoms with E-state index < -0.39 is 6.10 Å². The van der Waals surface area contributed by atoms with Gasteiger partial charge in [0.1, 0.15) is 6.61 Å². The molecule has 5 heteroatoms. The van der Waals surface area contributed by atoms with Crippen LogP contribution in [-0.2, 0) is 19.1 Å². The number of unbranched alkanes of at least 4 members (excludes halogenated alkanes) is 30. The summed E-state index contributed by atoms with van der Waals surface area (Å²) in [6.45, 7) is 4.14. The SMILES string of the molecule is CCCCCCCCCCCCCCCC/C=C/CC/C=C/CCCC(=O)O[C@@H](CO)COC(=O)CCCCCCCCCCCCCCCCC. The van der Waals surface area contributed by atoms with Gasteiger partial charge in [0.05, 0.1) is 6.61 Å². The third-order valence-corrected chi connectivity index (χ3v) is 10.2. The van der Waals surface area contributed by atoms with Crippen molar-refractivity contribution >= 4 is 11.9 Å². The summed E-state index contributed by atoms with van der Waals surface area (Å²) in [6, 6.07) is 0. The number of hydrogen-bond acceptors (Lipinski definition) is 5. The van der Waals surface area contributed by atoms with Crippen molar-refractivity contribution in [2.24, 2.45) is 0 Å². The van der Waals surface area contributed by atoms with Gasteiger partial charge in [-0.3, -0.25) is 9.59 Å². The van der Waals surface area contributed by atoms with Crippen molar-refractivity contribution in [3.05, 3.63) is 24.3 Å². The second-order valence-electron chi connectivity index (χ2n) is 15.5. The highest BCUT2D eigenvalue weighted by Gasteiger charge is 2.16. The normalized spacial score (nSPS) is 12.3. The summed E-state index contributed by atoms with van der Waals surface area (Å²) >= 11 is 0. The molecule has 0 fully saturated rings. The molecule has 0 aliphatic carbocycles. The molecular weight excluding hydrogens is 645 g/mol. The monoisotopic (exact) mass is 733 g/mol. The first-order chi connectivity index (χ1) is 25.6. The van der Waals surface area contributed by atoms with Gasteiger partial charge in [0, 0.05) is 12.8 Å². The summed E-state index contributed by atoms with van der Waals surface area (Å²) in [5.41, 5.74) is 0. The molecule has 0 aliphatic rings. The summed E-state index contributed by atoms with van der Waals surface area (Å²) in [7, 11) is 0. The molecule has 0 amide bonds. The molecule has 0 aliphatic heterocycles. The smallest absolute Gasteiger partial charge is 0.306 e. The number of carbonyl (C=O) groups is 2. The van der Waals surface area contributed by atoms with Crippen LogP contribution in [0.15, 0.2) is 24.3 Å². The molecule has 0 aromatic rings. The molecule has 0 aromatic carbocycles. The maximum Gasteiger partial charge on any atom is 0.306 e. The minimum Gasteiger partial charge on any atom is -0.462 e. The summed E-state index contributed by atoms with van der Waals surface area (Å²) in [6.07, 6.45) is 52.7. The van der Waals surface area contributed by atoms with Gasteiger partial charge in [-0.05, 0) is 44.9 Å². The van der Waals surface area contributed by atoms with E-state index in [2.05, 4.69) is 38.2 Å². The lowest BCUT2D eigenvalue weighted by Gasteiger charge is -2.15. The standard InChI is InChI=1S/C47H88O5/c1-3-5-7-9-11-13-15-17-19-20-21-22-23-24-25-26-28-30-32-34-36-38-40-42-47(50)52-45(43-48)44-51-46(49)41-39-37-35-33-31-29-27-18-16-14-12-10-8-6-4-2/h26,28,34,36,45,48H,3-25,27,29-33,35,37-44H2,1-2H3/b28-26+,36-34+/t45-/m0/s1. The van der Waals surface area contributed by atoms with Crippen LogP contribution in [-0.4, -0.2) is 36.4 Å². The Labute approximate surface area is 323 Å². The van der Waals surface area contributed by atoms with Crippen LogP contribution in [0.5, 0.6) is 0 Å². The lowest BCUT2D eigenvalue weighted by Crippen LogP contribution is -2.28. The van der Waals surface area contributed by atoms with Crippen molar-refractivity contribution < 1.29 is 24.2 Å². The minimum absolute atomic E-state index is 0.0768. The topological polar surface area (TPSA) is 72.8 Å². The van der Waals surface area contributed by atoms with Crippen LogP contribution in [0.3, 0.4) is 0 Å². The van der Waals surface area contributed by atoms with Crippen LogP contribution in [0.25, 0.3) is 0 Å². The number of hydrogen-bond donors (Lipinski definition) is 1. The molecule has 306 valence electrons. The highest BCUT2D eigenvalue weighted by atomic mass is 16.6. The first-order valence-corrected chi connectivity index (χ1v) is 22.9. The Bertz CT molecular complexity index is 791. The summed E-state index contributed by atoms with van der Waals surface area (Å²) in [5, 5.41) is 9.58. The fourth-order valence-electron chi connectivity index (χ4n) is 6.75. The number of rotatable bonds is 42. The van der Waals surface area contributed by atoms with Crippen molar-refractivity contribution in [1.82, 2.24) is 0 Å². The highest BCUT2D eigenvalue weighted by Crippen LogP contribution is 2.15. The van der Waals surface area contributed by atoms with Crippen LogP contribution in [0, 0.1) is 0 Å². The Morgan fingerprint density at radius 3 is 1.15 bits per heavy atom. The number of aliphatic hydroxyl groups excluding tert-OH is 1. The average Bonchev–Trinajstić information content (AvgIpc) is 3.15. The van der Waals surface area contributed by atoms with Gasteiger partial charge in [-0.25, -0.2) is 0 Å². The number of allylic oxidation sites excluding steroid dienone is 4. The summed E-state index contributed by atoms with van der Waals surface area (Å²) < 4.78 is 10.6. The van der Waals surface area contributed by atoms with Crippen molar-refractivity contribution in [3.63, 3.8) is 0 Å². The number of carbonyl (C=O) groups excluding carboxylic acids is 2. The molecule has 0 saturated heterocycles. The minimum atomic E-state index is -0.788. The quantitative estimate of drug-likeness (QED) is 0.0384. The number of esters is 2. The van der Waals surface area contributed by atoms with E-state index in [1.807, 2.05) is 0 Å². The summed E-state index contributed by atoms with van der Waals surface area (Å²) in [5.74, 6) is -0.628. The molecule has 5 nitrogen and oxygen atoms in total. The van der Waals surface area contributed by atoms with E-state index in [1.54, 1.807) is 0 Å². The van der Waals surface area contributed by atoms with Crippen molar-refractivity contribution in [1.29, 1.82) is 0 Å². The van der Waals surface area contributed by atoms with Gasteiger partial charge in [-0.15, -0.1) is 0 Å². The van der Waals surface area contributed by atoms with Crippen molar-refractivity contribution in [3.8, 4) is 0 Å². The Morgan fingerprint density at radius 2 is 0.750 bits per heavy atom. The van der Waals surface area contributed by atoms with Gasteiger partial charge in [-0.1, -0.05) is 212 Å². The van der Waals surface area contributed by atoms with Crippen LogP contribution < -0.4 is 0 Å². The zero-order chi connectivity index (χ0) is 37.8. The predicted octanol–water partition coefficient (Wildman–Crippen LogP) is 14.6. The zero-order valence-electron chi connectivity index (χ0n) is 34.8. The molecule has 0 unspecified atom stereocenters. The van der Waals surface area contributed by atoms with Crippen molar-refractivity contribution in [2.75, 3.05) is 13.2 Å². The van der Waals surface area contributed by atoms with E-state index in [1.165, 1.54) is 173 Å². The largest absolute Gasteiger partial charge is 0.462 e. The van der Waals surface area contributed by atoms with Gasteiger partial charge < -0.3 is 14.6 Å². The average molecular weight is 733 g/mol. The molecule has 0 saturated carbocycles. The highest BCUT2D eigenvalue weighted by molar-refractivity contribution is 5.70. The molecular formula is C47H88O5. The molecule has 0 rings (SSSR count). The van der Waals surface area contributed by atoms with Crippen LogP contribution in [0.2, 0.25) is 0 Å². The Hall–Kier alpha value is -1.62. The van der Waals surface area contributed by atoms with E-state index in [0.29, 0.717) is 19.3 Å². The molecule has 0 spiro atoms. The van der Waals surface area contributed by atoms with Gasteiger partial charge in [0.2, 0.25) is 0 Å². The number of aliphatic hydroxyl groups is 1. The third-order valence-electron chi connectivity index (χ3n) is 10.2. The second kappa shape index (κ2) is 43.8. The Morgan fingerprint density at radius 1 is 0.423 bits per heavy atom. The van der Waals surface area contributed by atoms with Crippen LogP contribution >= 0.6 is 0 Å². The fourth-order valence-corrected chi connectivity index (χ4v) is 6.75. The molecule has 0 heterocycles. The van der Waals surface area contributed by atoms with Crippen molar-refractivity contribution in [2.45, 2.75) is 251 Å². The van der Waals surface area contributed by atoms with Gasteiger partial charge in [0.15, 0.2) is 6.10 Å². The van der Waals surface area contributed by atoms with E-state index in [0.717, 1.165) is 38.5 Å². The van der Waals surface area contributed by atoms with E-state index in [9.17, 15) is 14.7 Å². The molecule has 0 bridgehead atoms. The lowest BCUT2D eigenvalue weighted by molar-refractivity contribution is -0.161. The predicted molar refractivity (Wildman–Crippen MR) is 224 cm³/mol. The first kappa shape index (κ1) is 50.4. The van der Waals surface area contributed by atoms with E-state index in [4.69, 9.17) is 9.47 Å². The van der Waals surface area contributed by atoms with E-state index >= 15 is 0 Å². The third kappa shape index (κ3) is 41.1.